The van der Waals surface area contributed by atoms with Crippen LogP contribution in [0, 0.1) is 0 Å². The molecule has 0 bridgehead atoms. The Balaban J connectivity index is 1.89. The summed E-state index contributed by atoms with van der Waals surface area (Å²) >= 11 is 0. The van der Waals surface area contributed by atoms with Crippen molar-refractivity contribution in [1.82, 2.24) is 20.4 Å². The lowest BCUT2D eigenvalue weighted by Gasteiger charge is -2.33. The van der Waals surface area contributed by atoms with Crippen molar-refractivity contribution >= 4 is 17.7 Å². The lowest BCUT2D eigenvalue weighted by atomic mass is 10.1. The van der Waals surface area contributed by atoms with E-state index in [-0.39, 0.29) is 30.6 Å². The number of nitrogens with one attached hydrogen (secondary N) is 2. The van der Waals surface area contributed by atoms with Crippen LogP contribution in [0.3, 0.4) is 0 Å². The molecular weight excluding hydrogens is 248 g/mol. The van der Waals surface area contributed by atoms with Gasteiger partial charge in [-0.25, -0.2) is 0 Å². The third-order valence-electron chi connectivity index (χ3n) is 3.54. The monoisotopic (exact) mass is 268 g/mol. The van der Waals surface area contributed by atoms with Crippen LogP contribution >= 0.6 is 0 Å². The van der Waals surface area contributed by atoms with E-state index in [0.717, 1.165) is 13.1 Å². The maximum Gasteiger partial charge on any atom is 0.243 e. The number of hydrogen-bond acceptors (Lipinski definition) is 4. The molecule has 2 fully saturated rings. The van der Waals surface area contributed by atoms with E-state index in [1.165, 1.54) is 0 Å². The molecule has 106 valence electrons. The second-order valence-corrected chi connectivity index (χ2v) is 5.05. The van der Waals surface area contributed by atoms with Crippen LogP contribution in [-0.4, -0.2) is 73.3 Å². The Bertz CT molecular complexity index is 377. The number of likely N-dealkylation sites (N-methyl/N-ethyl adjacent to an activating group) is 1. The average molecular weight is 268 g/mol. The molecule has 0 aromatic heterocycles. The maximum atomic E-state index is 12.1. The molecule has 2 aliphatic heterocycles. The molecule has 0 unspecified atom stereocenters. The van der Waals surface area contributed by atoms with E-state index < -0.39 is 6.04 Å². The topological polar surface area (TPSA) is 81.8 Å². The van der Waals surface area contributed by atoms with Crippen molar-refractivity contribution < 1.29 is 14.4 Å². The van der Waals surface area contributed by atoms with Gasteiger partial charge in [-0.3, -0.25) is 14.4 Å². The van der Waals surface area contributed by atoms with Crippen LogP contribution in [0.15, 0.2) is 0 Å². The minimum atomic E-state index is -0.734. The molecule has 19 heavy (non-hydrogen) atoms. The van der Waals surface area contributed by atoms with Gasteiger partial charge >= 0.3 is 0 Å². The average Bonchev–Trinajstić information content (AvgIpc) is 2.52. The molecule has 0 radical (unpaired) electrons. The van der Waals surface area contributed by atoms with E-state index in [1.807, 2.05) is 7.05 Å². The first-order valence-electron chi connectivity index (χ1n) is 6.59. The summed E-state index contributed by atoms with van der Waals surface area (Å²) in [6, 6.07) is -0.734. The molecule has 3 amide bonds. The number of amides is 3. The van der Waals surface area contributed by atoms with Crippen LogP contribution in [-0.2, 0) is 14.4 Å². The Kier molecular flexibility index (Phi) is 4.36. The predicted octanol–water partition coefficient (Wildman–Crippen LogP) is -1.84. The molecule has 2 rings (SSSR count). The Hall–Kier alpha value is -1.63. The van der Waals surface area contributed by atoms with Crippen molar-refractivity contribution in [2.24, 2.45) is 0 Å². The van der Waals surface area contributed by atoms with Crippen molar-refractivity contribution in [1.29, 1.82) is 0 Å². The first-order valence-corrected chi connectivity index (χ1v) is 6.59. The summed E-state index contributed by atoms with van der Waals surface area (Å²) in [5.74, 6) is -0.529. The molecule has 7 nitrogen and oxygen atoms in total. The van der Waals surface area contributed by atoms with Gasteiger partial charge in [0.15, 0.2) is 0 Å². The Morgan fingerprint density at radius 3 is 2.63 bits per heavy atom. The third kappa shape index (κ3) is 3.66. The van der Waals surface area contributed by atoms with Gasteiger partial charge in [0.25, 0.3) is 0 Å². The molecule has 0 aromatic rings. The number of hydrogen-bond donors (Lipinski definition) is 2. The van der Waals surface area contributed by atoms with E-state index >= 15 is 0 Å². The summed E-state index contributed by atoms with van der Waals surface area (Å²) in [6.45, 7) is 3.38. The number of carbonyl (C=O) groups excluding carboxylic acids is 3. The van der Waals surface area contributed by atoms with E-state index in [9.17, 15) is 14.4 Å². The van der Waals surface area contributed by atoms with Crippen LogP contribution in [0.25, 0.3) is 0 Å². The van der Waals surface area contributed by atoms with Gasteiger partial charge in [-0.1, -0.05) is 0 Å². The molecule has 0 aromatic carbocycles. The third-order valence-corrected chi connectivity index (χ3v) is 3.54. The lowest BCUT2D eigenvalue weighted by Crippen LogP contribution is -2.51. The first kappa shape index (κ1) is 13.8. The van der Waals surface area contributed by atoms with Crippen molar-refractivity contribution in [2.45, 2.75) is 18.9 Å². The standard InChI is InChI=1S/C12H20N4O3/c1-15-4-6-16(7-5-15)11(18)8-9-12(19)13-3-2-10(17)14-9/h9H,2-8H2,1H3,(H,13,19)(H,14,17)/t9-/m0/s1. The quantitative estimate of drug-likeness (QED) is 0.616. The molecule has 2 saturated heterocycles. The Morgan fingerprint density at radius 1 is 1.26 bits per heavy atom. The minimum Gasteiger partial charge on any atom is -0.354 e. The molecule has 0 aliphatic carbocycles. The minimum absolute atomic E-state index is 0.0429. The zero-order valence-corrected chi connectivity index (χ0v) is 11.1. The summed E-state index contributed by atoms with van der Waals surface area (Å²) in [6.07, 6.45) is 0.312. The predicted molar refractivity (Wildman–Crippen MR) is 68.3 cm³/mol. The Morgan fingerprint density at radius 2 is 1.95 bits per heavy atom. The van der Waals surface area contributed by atoms with Crippen molar-refractivity contribution in [3.05, 3.63) is 0 Å². The normalized spacial score (nSPS) is 25.5. The Labute approximate surface area is 112 Å². The largest absolute Gasteiger partial charge is 0.354 e. The summed E-state index contributed by atoms with van der Waals surface area (Å²) in [7, 11) is 2.01. The van der Waals surface area contributed by atoms with E-state index in [2.05, 4.69) is 15.5 Å². The SMILES string of the molecule is CN1CCN(C(=O)C[C@@H]2NC(=O)CCNC2=O)CC1. The van der Waals surface area contributed by atoms with Crippen LogP contribution < -0.4 is 10.6 Å². The summed E-state index contributed by atoms with van der Waals surface area (Å²) < 4.78 is 0. The zero-order valence-electron chi connectivity index (χ0n) is 11.1. The summed E-state index contributed by atoms with van der Waals surface area (Å²) in [4.78, 5) is 39.2. The fourth-order valence-corrected chi connectivity index (χ4v) is 2.26. The van der Waals surface area contributed by atoms with Gasteiger partial charge in [-0.05, 0) is 7.05 Å². The summed E-state index contributed by atoms with van der Waals surface area (Å²) in [5, 5.41) is 5.24. The second kappa shape index (κ2) is 6.01. The molecule has 7 heteroatoms. The molecule has 0 spiro atoms. The highest BCUT2D eigenvalue weighted by Gasteiger charge is 2.29. The highest BCUT2D eigenvalue weighted by molar-refractivity contribution is 5.93. The molecule has 1 atom stereocenters. The maximum absolute atomic E-state index is 12.1. The molecular formula is C12H20N4O3. The zero-order chi connectivity index (χ0) is 13.8. The fourth-order valence-electron chi connectivity index (χ4n) is 2.26. The van der Waals surface area contributed by atoms with Gasteiger partial charge in [-0.15, -0.1) is 0 Å². The van der Waals surface area contributed by atoms with Gasteiger partial charge in [0.1, 0.15) is 6.04 Å². The highest BCUT2D eigenvalue weighted by atomic mass is 16.2. The number of rotatable bonds is 2. The van der Waals surface area contributed by atoms with Crippen LogP contribution in [0.2, 0.25) is 0 Å². The van der Waals surface area contributed by atoms with Gasteiger partial charge < -0.3 is 20.4 Å². The van der Waals surface area contributed by atoms with Crippen molar-refractivity contribution in [3.63, 3.8) is 0 Å². The van der Waals surface area contributed by atoms with Crippen LogP contribution in [0.1, 0.15) is 12.8 Å². The van der Waals surface area contributed by atoms with Gasteiger partial charge in [0.05, 0.1) is 6.42 Å². The van der Waals surface area contributed by atoms with Crippen molar-refractivity contribution in [3.8, 4) is 0 Å². The van der Waals surface area contributed by atoms with E-state index in [1.54, 1.807) is 4.90 Å². The van der Waals surface area contributed by atoms with Gasteiger partial charge in [0, 0.05) is 39.1 Å². The first-order chi connectivity index (χ1) is 9.06. The van der Waals surface area contributed by atoms with Crippen LogP contribution in [0.5, 0.6) is 0 Å². The van der Waals surface area contributed by atoms with E-state index in [4.69, 9.17) is 0 Å². The van der Waals surface area contributed by atoms with Crippen LogP contribution in [0.4, 0.5) is 0 Å². The second-order valence-electron chi connectivity index (χ2n) is 5.05. The number of piperazine rings is 1. The van der Waals surface area contributed by atoms with Gasteiger partial charge in [0.2, 0.25) is 17.7 Å². The molecule has 2 aliphatic rings. The van der Waals surface area contributed by atoms with Crippen molar-refractivity contribution in [2.75, 3.05) is 39.8 Å². The molecule has 2 N–H and O–H groups in total. The fraction of sp³-hybridized carbons (Fsp3) is 0.750. The lowest BCUT2D eigenvalue weighted by molar-refractivity contribution is -0.136. The smallest absolute Gasteiger partial charge is 0.243 e. The van der Waals surface area contributed by atoms with E-state index in [0.29, 0.717) is 19.6 Å². The van der Waals surface area contributed by atoms with Gasteiger partial charge in [-0.2, -0.15) is 0 Å². The number of nitrogens with zero attached hydrogens (tertiary/aromatic N) is 2. The molecule has 2 heterocycles. The number of carbonyl (C=O) groups is 3. The molecule has 0 saturated carbocycles. The summed E-state index contributed by atoms with van der Waals surface area (Å²) in [5.41, 5.74) is 0. The highest BCUT2D eigenvalue weighted by Crippen LogP contribution is 2.06.